The number of ether oxygens (including phenoxy) is 1. The molecule has 0 unspecified atom stereocenters. The Balaban J connectivity index is 3.19. The first-order chi connectivity index (χ1) is 7.72. The van der Waals surface area contributed by atoms with Crippen LogP contribution in [-0.2, 0) is 4.74 Å². The molecule has 0 aliphatic rings. The van der Waals surface area contributed by atoms with Crippen molar-refractivity contribution < 1.29 is 14.5 Å². The summed E-state index contributed by atoms with van der Waals surface area (Å²) in [5, 5.41) is 10.7. The molecular weight excluding hydrogens is 246 g/mol. The smallest absolute Gasteiger partial charge is 0.345 e. The minimum absolute atomic E-state index is 0.0849. The number of nitro groups is 1. The molecule has 0 atom stereocenters. The van der Waals surface area contributed by atoms with Gasteiger partial charge in [-0.15, -0.1) is 0 Å². The number of esters is 1. The van der Waals surface area contributed by atoms with Gasteiger partial charge in [0.05, 0.1) is 4.92 Å². The first-order valence-corrected chi connectivity index (χ1v) is 5.26. The van der Waals surface area contributed by atoms with Gasteiger partial charge in [-0.3, -0.25) is 10.1 Å². The summed E-state index contributed by atoms with van der Waals surface area (Å²) in [4.78, 5) is 21.9. The van der Waals surface area contributed by atoms with Crippen molar-refractivity contribution in [3.8, 4) is 0 Å². The second kappa shape index (κ2) is 4.71. The summed E-state index contributed by atoms with van der Waals surface area (Å²) in [5.74, 6) is -0.758. The van der Waals surface area contributed by atoms with Gasteiger partial charge in [-0.25, -0.2) is 4.79 Å². The highest BCUT2D eigenvalue weighted by Crippen LogP contribution is 2.29. The quantitative estimate of drug-likeness (QED) is 0.463. The third-order valence-electron chi connectivity index (χ3n) is 1.79. The fourth-order valence-electron chi connectivity index (χ4n) is 1.20. The van der Waals surface area contributed by atoms with Crippen LogP contribution in [0.3, 0.4) is 0 Å². The van der Waals surface area contributed by atoms with Gasteiger partial charge < -0.3 is 4.74 Å². The van der Waals surface area contributed by atoms with E-state index < -0.39 is 22.2 Å². The molecule has 0 amide bonds. The number of hydrogen-bond donors (Lipinski definition) is 0. The van der Waals surface area contributed by atoms with Crippen molar-refractivity contribution in [2.24, 2.45) is 0 Å². The predicted molar refractivity (Wildman–Crippen MR) is 63.3 cm³/mol. The van der Waals surface area contributed by atoms with Crippen LogP contribution in [-0.4, -0.2) is 16.5 Å². The van der Waals surface area contributed by atoms with Crippen LogP contribution in [0.2, 0.25) is 5.02 Å². The normalized spacial score (nSPS) is 11.1. The molecule has 0 aliphatic heterocycles. The number of rotatable bonds is 2. The number of para-hydroxylation sites is 1. The van der Waals surface area contributed by atoms with Gasteiger partial charge in [0, 0.05) is 0 Å². The third-order valence-corrected chi connectivity index (χ3v) is 2.09. The molecule has 17 heavy (non-hydrogen) atoms. The summed E-state index contributed by atoms with van der Waals surface area (Å²) in [6, 6.07) is 4.14. The highest BCUT2D eigenvalue weighted by Gasteiger charge is 2.27. The van der Waals surface area contributed by atoms with Gasteiger partial charge >= 0.3 is 11.7 Å². The van der Waals surface area contributed by atoms with E-state index in [-0.39, 0.29) is 10.6 Å². The van der Waals surface area contributed by atoms with E-state index in [1.54, 1.807) is 20.8 Å². The summed E-state index contributed by atoms with van der Waals surface area (Å²) in [6.45, 7) is 5.05. The lowest BCUT2D eigenvalue weighted by atomic mass is 10.1. The first kappa shape index (κ1) is 13.4. The standard InChI is InChI=1S/C11H12ClNO4/c1-11(2,3)17-10(14)7-5-4-6-8(12)9(7)13(15)16/h4-6H,1-3H3. The number of halogens is 1. The molecule has 0 saturated carbocycles. The molecule has 1 aromatic rings. The van der Waals surface area contributed by atoms with Gasteiger partial charge in [0.2, 0.25) is 0 Å². The van der Waals surface area contributed by atoms with Crippen LogP contribution in [0.4, 0.5) is 5.69 Å². The molecule has 92 valence electrons. The summed E-state index contributed by atoms with van der Waals surface area (Å²) in [7, 11) is 0. The molecule has 0 saturated heterocycles. The Hall–Kier alpha value is -1.62. The van der Waals surface area contributed by atoms with Gasteiger partial charge in [0.25, 0.3) is 0 Å². The second-order valence-electron chi connectivity index (χ2n) is 4.40. The Morgan fingerprint density at radius 1 is 1.41 bits per heavy atom. The molecular formula is C11H12ClNO4. The van der Waals surface area contributed by atoms with E-state index in [1.165, 1.54) is 18.2 Å². The molecule has 0 fully saturated rings. The maximum absolute atomic E-state index is 11.8. The molecule has 0 radical (unpaired) electrons. The fourth-order valence-corrected chi connectivity index (χ4v) is 1.44. The van der Waals surface area contributed by atoms with Crippen LogP contribution in [0.1, 0.15) is 31.1 Å². The zero-order valence-electron chi connectivity index (χ0n) is 9.69. The maximum Gasteiger partial charge on any atom is 0.345 e. The van der Waals surface area contributed by atoms with Crippen LogP contribution in [0.5, 0.6) is 0 Å². The highest BCUT2D eigenvalue weighted by molar-refractivity contribution is 6.33. The van der Waals surface area contributed by atoms with E-state index in [1.807, 2.05) is 0 Å². The number of hydrogen-bond acceptors (Lipinski definition) is 4. The zero-order valence-corrected chi connectivity index (χ0v) is 10.4. The average molecular weight is 258 g/mol. The van der Waals surface area contributed by atoms with Crippen molar-refractivity contribution >= 4 is 23.3 Å². The van der Waals surface area contributed by atoms with Crippen LogP contribution >= 0.6 is 11.6 Å². The molecule has 0 aliphatic carbocycles. The minimum atomic E-state index is -0.758. The van der Waals surface area contributed by atoms with Crippen molar-refractivity contribution in [2.75, 3.05) is 0 Å². The van der Waals surface area contributed by atoms with Crippen molar-refractivity contribution in [1.82, 2.24) is 0 Å². The Kier molecular flexibility index (Phi) is 3.72. The number of nitrogens with zero attached hydrogens (tertiary/aromatic N) is 1. The molecule has 0 heterocycles. The number of carbonyl (C=O) groups is 1. The van der Waals surface area contributed by atoms with Gasteiger partial charge in [-0.05, 0) is 32.9 Å². The van der Waals surface area contributed by atoms with Crippen LogP contribution in [0.15, 0.2) is 18.2 Å². The molecule has 0 spiro atoms. The molecule has 0 aromatic heterocycles. The topological polar surface area (TPSA) is 69.4 Å². The van der Waals surface area contributed by atoms with Crippen LogP contribution in [0.25, 0.3) is 0 Å². The van der Waals surface area contributed by atoms with E-state index in [4.69, 9.17) is 16.3 Å². The number of benzene rings is 1. The Labute approximate surface area is 103 Å². The summed E-state index contributed by atoms with van der Waals surface area (Å²) >= 11 is 5.69. The minimum Gasteiger partial charge on any atom is -0.456 e. The van der Waals surface area contributed by atoms with E-state index in [0.29, 0.717) is 0 Å². The lowest BCUT2D eigenvalue weighted by molar-refractivity contribution is -0.385. The Bertz CT molecular complexity index is 465. The summed E-state index contributed by atoms with van der Waals surface area (Å²) < 4.78 is 5.07. The average Bonchev–Trinajstić information content (AvgIpc) is 2.13. The maximum atomic E-state index is 11.8. The van der Waals surface area contributed by atoms with E-state index in [2.05, 4.69) is 0 Å². The summed E-state index contributed by atoms with van der Waals surface area (Å²) in [5.41, 5.74) is -1.28. The van der Waals surface area contributed by atoms with Crippen LogP contribution in [0, 0.1) is 10.1 Å². The number of carbonyl (C=O) groups excluding carboxylic acids is 1. The number of nitro benzene ring substituents is 1. The first-order valence-electron chi connectivity index (χ1n) is 4.88. The highest BCUT2D eigenvalue weighted by atomic mass is 35.5. The largest absolute Gasteiger partial charge is 0.456 e. The molecule has 6 heteroatoms. The molecule has 5 nitrogen and oxygen atoms in total. The van der Waals surface area contributed by atoms with E-state index in [0.717, 1.165) is 0 Å². The van der Waals surface area contributed by atoms with E-state index in [9.17, 15) is 14.9 Å². The van der Waals surface area contributed by atoms with Gasteiger partial charge in [0.1, 0.15) is 16.2 Å². The van der Waals surface area contributed by atoms with Gasteiger partial charge in [-0.1, -0.05) is 17.7 Å². The fraction of sp³-hybridized carbons (Fsp3) is 0.364. The van der Waals surface area contributed by atoms with Gasteiger partial charge in [-0.2, -0.15) is 0 Å². The van der Waals surface area contributed by atoms with E-state index >= 15 is 0 Å². The van der Waals surface area contributed by atoms with Gasteiger partial charge in [0.15, 0.2) is 0 Å². The SMILES string of the molecule is CC(C)(C)OC(=O)c1cccc(Cl)c1[N+](=O)[O-]. The Morgan fingerprint density at radius 3 is 2.47 bits per heavy atom. The van der Waals surface area contributed by atoms with Crippen molar-refractivity contribution in [3.05, 3.63) is 38.9 Å². The lowest BCUT2D eigenvalue weighted by Crippen LogP contribution is -2.24. The second-order valence-corrected chi connectivity index (χ2v) is 4.80. The molecule has 0 bridgehead atoms. The third kappa shape index (κ3) is 3.42. The van der Waals surface area contributed by atoms with Crippen molar-refractivity contribution in [2.45, 2.75) is 26.4 Å². The molecule has 1 aromatic carbocycles. The monoisotopic (exact) mass is 257 g/mol. The lowest BCUT2D eigenvalue weighted by Gasteiger charge is -2.19. The zero-order chi connectivity index (χ0) is 13.2. The van der Waals surface area contributed by atoms with Crippen molar-refractivity contribution in [1.29, 1.82) is 0 Å². The molecule has 1 rings (SSSR count). The Morgan fingerprint density at radius 2 is 2.00 bits per heavy atom. The predicted octanol–water partition coefficient (Wildman–Crippen LogP) is 3.20. The molecule has 0 N–H and O–H groups in total. The van der Waals surface area contributed by atoms with Crippen molar-refractivity contribution in [3.63, 3.8) is 0 Å². The summed E-state index contributed by atoms with van der Waals surface area (Å²) in [6.07, 6.45) is 0. The van der Waals surface area contributed by atoms with Crippen LogP contribution < -0.4 is 0 Å².